The van der Waals surface area contributed by atoms with Crippen molar-refractivity contribution in [2.75, 3.05) is 39.2 Å². The molecule has 2 atom stereocenters. The molecule has 1 fully saturated rings. The molecule has 4 heteroatoms. The van der Waals surface area contributed by atoms with Gasteiger partial charge in [-0.25, -0.2) is 0 Å². The van der Waals surface area contributed by atoms with E-state index in [1.54, 1.807) is 0 Å². The molecule has 0 bridgehead atoms. The van der Waals surface area contributed by atoms with Gasteiger partial charge in [0.2, 0.25) is 0 Å². The lowest BCUT2D eigenvalue weighted by Gasteiger charge is -2.17. The number of ether oxygens (including phenoxy) is 2. The zero-order valence-electron chi connectivity index (χ0n) is 12.1. The molecule has 0 saturated carbocycles. The molecule has 19 heavy (non-hydrogen) atoms. The molecule has 1 aliphatic rings. The summed E-state index contributed by atoms with van der Waals surface area (Å²) in [5, 5.41) is 3.50. The maximum atomic E-state index is 5.67. The molecule has 1 heterocycles. The fraction of sp³-hybridized carbons (Fsp3) is 0.600. The van der Waals surface area contributed by atoms with Crippen LogP contribution in [0, 0.1) is 0 Å². The summed E-state index contributed by atoms with van der Waals surface area (Å²) in [4.78, 5) is 2.11. The van der Waals surface area contributed by atoms with Crippen molar-refractivity contribution >= 4 is 5.69 Å². The highest BCUT2D eigenvalue weighted by Gasteiger charge is 2.23. The van der Waals surface area contributed by atoms with Crippen molar-refractivity contribution in [3.05, 3.63) is 24.3 Å². The van der Waals surface area contributed by atoms with E-state index in [1.165, 1.54) is 0 Å². The number of hydrogen-bond acceptors (Lipinski definition) is 4. The van der Waals surface area contributed by atoms with Crippen LogP contribution in [0.5, 0.6) is 5.75 Å². The Morgan fingerprint density at radius 3 is 2.63 bits per heavy atom. The smallest absolute Gasteiger partial charge is 0.119 e. The molecule has 1 aromatic carbocycles. The molecular weight excluding hydrogens is 240 g/mol. The maximum absolute atomic E-state index is 5.67. The van der Waals surface area contributed by atoms with Crippen LogP contribution in [-0.4, -0.2) is 50.9 Å². The summed E-state index contributed by atoms with van der Waals surface area (Å²) in [6.45, 7) is 4.61. The first kappa shape index (κ1) is 14.2. The normalized spacial score (nSPS) is 22.7. The second-order valence-electron chi connectivity index (χ2n) is 5.29. The Morgan fingerprint density at radius 2 is 2.05 bits per heavy atom. The van der Waals surface area contributed by atoms with Crippen molar-refractivity contribution in [2.24, 2.45) is 0 Å². The van der Waals surface area contributed by atoms with E-state index in [9.17, 15) is 0 Å². The first-order valence-corrected chi connectivity index (χ1v) is 6.91. The molecule has 0 radical (unpaired) electrons. The second-order valence-corrected chi connectivity index (χ2v) is 5.29. The number of nitrogens with zero attached hydrogens (tertiary/aromatic N) is 1. The number of nitrogens with one attached hydrogen (secondary N) is 1. The molecule has 1 N–H and O–H groups in total. The van der Waals surface area contributed by atoms with Crippen molar-refractivity contribution in [2.45, 2.75) is 25.5 Å². The monoisotopic (exact) mass is 264 g/mol. The zero-order chi connectivity index (χ0) is 13.7. The summed E-state index contributed by atoms with van der Waals surface area (Å²) in [6, 6.07) is 8.57. The topological polar surface area (TPSA) is 33.7 Å². The van der Waals surface area contributed by atoms with Gasteiger partial charge < -0.3 is 19.7 Å². The Hall–Kier alpha value is -1.26. The molecule has 0 amide bonds. The highest BCUT2D eigenvalue weighted by molar-refractivity contribution is 5.47. The van der Waals surface area contributed by atoms with Crippen LogP contribution in [0.3, 0.4) is 0 Å². The van der Waals surface area contributed by atoms with Gasteiger partial charge in [0.05, 0.1) is 12.1 Å². The van der Waals surface area contributed by atoms with Gasteiger partial charge in [-0.3, -0.25) is 0 Å². The van der Waals surface area contributed by atoms with E-state index < -0.39 is 0 Å². The number of likely N-dealkylation sites (N-methyl/N-ethyl adjacent to an activating group) is 1. The molecule has 1 aliphatic heterocycles. The van der Waals surface area contributed by atoms with E-state index in [4.69, 9.17) is 9.47 Å². The molecule has 1 aromatic rings. The van der Waals surface area contributed by atoms with Crippen LogP contribution in [-0.2, 0) is 4.74 Å². The number of anilines is 1. The van der Waals surface area contributed by atoms with E-state index in [2.05, 4.69) is 29.3 Å². The molecule has 2 rings (SSSR count). The van der Waals surface area contributed by atoms with E-state index in [1.807, 2.05) is 26.2 Å². The van der Waals surface area contributed by atoms with Gasteiger partial charge in [0.15, 0.2) is 0 Å². The van der Waals surface area contributed by atoms with E-state index >= 15 is 0 Å². The SMILES string of the molecule is CC1OCCC1Nc1ccc(OCCN(C)C)cc1. The van der Waals surface area contributed by atoms with E-state index in [0.717, 1.165) is 31.0 Å². The highest BCUT2D eigenvalue weighted by atomic mass is 16.5. The maximum Gasteiger partial charge on any atom is 0.119 e. The van der Waals surface area contributed by atoms with E-state index in [-0.39, 0.29) is 6.10 Å². The summed E-state index contributed by atoms with van der Waals surface area (Å²) < 4.78 is 11.2. The summed E-state index contributed by atoms with van der Waals surface area (Å²) in [5.41, 5.74) is 1.13. The first-order chi connectivity index (χ1) is 9.15. The van der Waals surface area contributed by atoms with Crippen LogP contribution in [0.25, 0.3) is 0 Å². The minimum Gasteiger partial charge on any atom is -0.492 e. The van der Waals surface area contributed by atoms with Gasteiger partial charge in [-0.05, 0) is 51.7 Å². The lowest BCUT2D eigenvalue weighted by molar-refractivity contribution is 0.121. The van der Waals surface area contributed by atoms with Crippen LogP contribution >= 0.6 is 0 Å². The van der Waals surface area contributed by atoms with Gasteiger partial charge in [0, 0.05) is 18.8 Å². The standard InChI is InChI=1S/C15H24N2O2/c1-12-15(8-10-18-12)16-13-4-6-14(7-5-13)19-11-9-17(2)3/h4-7,12,15-16H,8-11H2,1-3H3. The average Bonchev–Trinajstić information content (AvgIpc) is 2.77. The number of benzene rings is 1. The second kappa shape index (κ2) is 6.78. The van der Waals surface area contributed by atoms with Gasteiger partial charge in [-0.15, -0.1) is 0 Å². The Balaban J connectivity index is 1.81. The molecular formula is C15H24N2O2. The van der Waals surface area contributed by atoms with Crippen molar-refractivity contribution < 1.29 is 9.47 Å². The zero-order valence-corrected chi connectivity index (χ0v) is 12.1. The van der Waals surface area contributed by atoms with Crippen LogP contribution in [0.15, 0.2) is 24.3 Å². The number of hydrogen-bond donors (Lipinski definition) is 1. The molecule has 1 saturated heterocycles. The molecule has 0 spiro atoms. The van der Waals surface area contributed by atoms with Crippen molar-refractivity contribution in [3.63, 3.8) is 0 Å². The van der Waals surface area contributed by atoms with Crippen molar-refractivity contribution in [1.82, 2.24) is 4.90 Å². The van der Waals surface area contributed by atoms with Crippen LogP contribution in [0.2, 0.25) is 0 Å². The lowest BCUT2D eigenvalue weighted by atomic mass is 10.1. The third kappa shape index (κ3) is 4.40. The summed E-state index contributed by atoms with van der Waals surface area (Å²) in [5.74, 6) is 0.920. The molecule has 0 aliphatic carbocycles. The third-order valence-electron chi connectivity index (χ3n) is 3.39. The minimum absolute atomic E-state index is 0.288. The predicted octanol–water partition coefficient (Wildman–Crippen LogP) is 2.22. The highest BCUT2D eigenvalue weighted by Crippen LogP contribution is 2.21. The Labute approximate surface area is 115 Å². The molecule has 106 valence electrons. The van der Waals surface area contributed by atoms with Gasteiger partial charge in [0.25, 0.3) is 0 Å². The lowest BCUT2D eigenvalue weighted by Crippen LogP contribution is -2.26. The predicted molar refractivity (Wildman–Crippen MR) is 77.9 cm³/mol. The van der Waals surface area contributed by atoms with Gasteiger partial charge in [-0.1, -0.05) is 0 Å². The summed E-state index contributed by atoms with van der Waals surface area (Å²) in [7, 11) is 4.09. The van der Waals surface area contributed by atoms with Crippen LogP contribution in [0.4, 0.5) is 5.69 Å². The van der Waals surface area contributed by atoms with Crippen LogP contribution in [0.1, 0.15) is 13.3 Å². The van der Waals surface area contributed by atoms with Gasteiger partial charge in [-0.2, -0.15) is 0 Å². The fourth-order valence-electron chi connectivity index (χ4n) is 2.13. The van der Waals surface area contributed by atoms with E-state index in [0.29, 0.717) is 12.6 Å². The first-order valence-electron chi connectivity index (χ1n) is 6.91. The summed E-state index contributed by atoms with van der Waals surface area (Å²) >= 11 is 0. The van der Waals surface area contributed by atoms with Gasteiger partial charge in [0.1, 0.15) is 12.4 Å². The Morgan fingerprint density at radius 1 is 1.32 bits per heavy atom. The Kier molecular flexibility index (Phi) is 5.05. The summed E-state index contributed by atoms with van der Waals surface area (Å²) in [6.07, 6.45) is 1.36. The quantitative estimate of drug-likeness (QED) is 0.854. The average molecular weight is 264 g/mol. The van der Waals surface area contributed by atoms with Crippen molar-refractivity contribution in [3.8, 4) is 5.75 Å². The fourth-order valence-corrected chi connectivity index (χ4v) is 2.13. The Bertz CT molecular complexity index is 378. The minimum atomic E-state index is 0.288. The third-order valence-corrected chi connectivity index (χ3v) is 3.39. The van der Waals surface area contributed by atoms with Crippen LogP contribution < -0.4 is 10.1 Å². The largest absolute Gasteiger partial charge is 0.492 e. The number of rotatable bonds is 6. The molecule has 4 nitrogen and oxygen atoms in total. The molecule has 0 aromatic heterocycles. The van der Waals surface area contributed by atoms with Gasteiger partial charge >= 0.3 is 0 Å². The molecule has 2 unspecified atom stereocenters. The van der Waals surface area contributed by atoms with Crippen molar-refractivity contribution in [1.29, 1.82) is 0 Å².